The van der Waals surface area contributed by atoms with E-state index in [9.17, 15) is 9.59 Å². The first kappa shape index (κ1) is 19.9. The van der Waals surface area contributed by atoms with E-state index in [2.05, 4.69) is 21.2 Å². The predicted molar refractivity (Wildman–Crippen MR) is 115 cm³/mol. The number of rotatable bonds is 5. The number of nitrogens with one attached hydrogen (secondary N) is 1. The molecular formula is C19H13BrCl2N2O2S. The summed E-state index contributed by atoms with van der Waals surface area (Å²) in [6, 6.07) is 12.4. The molecule has 0 aliphatic carbocycles. The Labute approximate surface area is 178 Å². The topological polar surface area (TPSA) is 72.2 Å². The lowest BCUT2D eigenvalue weighted by molar-refractivity contribution is -0.115. The molecule has 138 valence electrons. The van der Waals surface area contributed by atoms with E-state index in [4.69, 9.17) is 28.9 Å². The highest BCUT2D eigenvalue weighted by atomic mass is 79.9. The van der Waals surface area contributed by atoms with Crippen molar-refractivity contribution in [2.45, 2.75) is 6.42 Å². The fraction of sp³-hybridized carbons (Fsp3) is 0.0526. The number of amides is 2. The number of benzene rings is 2. The SMILES string of the molecule is NC(=O)c1c(-c2ccc(Cl)cc2Cl)csc1NC(=O)Cc1ccc(Br)cc1. The first-order chi connectivity index (χ1) is 12.8. The molecule has 0 atom stereocenters. The van der Waals surface area contributed by atoms with Crippen molar-refractivity contribution in [3.8, 4) is 11.1 Å². The molecule has 0 radical (unpaired) electrons. The van der Waals surface area contributed by atoms with E-state index in [1.54, 1.807) is 23.6 Å². The molecule has 2 aromatic carbocycles. The molecule has 1 aromatic heterocycles. The van der Waals surface area contributed by atoms with Crippen molar-refractivity contribution in [2.75, 3.05) is 5.32 Å². The number of primary amides is 1. The van der Waals surface area contributed by atoms with E-state index in [0.717, 1.165) is 10.0 Å². The molecule has 3 aromatic rings. The molecule has 3 N–H and O–H groups in total. The lowest BCUT2D eigenvalue weighted by Gasteiger charge is -2.08. The third-order valence-electron chi connectivity index (χ3n) is 3.79. The highest BCUT2D eigenvalue weighted by Crippen LogP contribution is 2.39. The summed E-state index contributed by atoms with van der Waals surface area (Å²) in [5, 5.41) is 5.80. The van der Waals surface area contributed by atoms with Crippen LogP contribution in [0.1, 0.15) is 15.9 Å². The monoisotopic (exact) mass is 482 g/mol. The number of hydrogen-bond acceptors (Lipinski definition) is 3. The standard InChI is InChI=1S/C19H13BrCl2N2O2S/c20-11-3-1-10(2-4-11)7-16(25)24-19-17(18(23)26)14(9-27-19)13-6-5-12(21)8-15(13)22/h1-6,8-9H,7H2,(H2,23,26)(H,24,25). The second kappa shape index (κ2) is 8.44. The molecule has 1 heterocycles. The third-order valence-corrected chi connectivity index (χ3v) is 5.76. The van der Waals surface area contributed by atoms with Crippen molar-refractivity contribution < 1.29 is 9.59 Å². The number of thiophene rings is 1. The van der Waals surface area contributed by atoms with Crippen LogP contribution in [0, 0.1) is 0 Å². The summed E-state index contributed by atoms with van der Waals surface area (Å²) in [5.74, 6) is -0.883. The van der Waals surface area contributed by atoms with Crippen LogP contribution in [0.5, 0.6) is 0 Å². The summed E-state index contributed by atoms with van der Waals surface area (Å²) in [5.41, 5.74) is 7.84. The molecule has 0 spiro atoms. The van der Waals surface area contributed by atoms with Crippen molar-refractivity contribution in [1.29, 1.82) is 0 Å². The molecule has 0 fully saturated rings. The van der Waals surface area contributed by atoms with Gasteiger partial charge in [-0.1, -0.05) is 57.3 Å². The van der Waals surface area contributed by atoms with Gasteiger partial charge in [-0.3, -0.25) is 9.59 Å². The predicted octanol–water partition coefficient (Wildman–Crippen LogP) is 5.76. The highest BCUT2D eigenvalue weighted by molar-refractivity contribution is 9.10. The van der Waals surface area contributed by atoms with Gasteiger partial charge in [-0.05, 0) is 29.8 Å². The number of carbonyl (C=O) groups excluding carboxylic acids is 2. The second-order valence-corrected chi connectivity index (χ2v) is 8.33. The average Bonchev–Trinajstić information content (AvgIpc) is 3.00. The van der Waals surface area contributed by atoms with Crippen molar-refractivity contribution in [1.82, 2.24) is 0 Å². The summed E-state index contributed by atoms with van der Waals surface area (Å²) in [7, 11) is 0. The number of hydrogen-bond donors (Lipinski definition) is 2. The van der Waals surface area contributed by atoms with Gasteiger partial charge in [0.05, 0.1) is 12.0 Å². The maximum absolute atomic E-state index is 12.4. The zero-order valence-corrected chi connectivity index (χ0v) is 17.7. The van der Waals surface area contributed by atoms with Gasteiger partial charge in [0.1, 0.15) is 5.00 Å². The van der Waals surface area contributed by atoms with Crippen LogP contribution in [0.2, 0.25) is 10.0 Å². The Morgan fingerprint density at radius 1 is 1.07 bits per heavy atom. The average molecular weight is 484 g/mol. The van der Waals surface area contributed by atoms with Gasteiger partial charge in [0.2, 0.25) is 5.91 Å². The van der Waals surface area contributed by atoms with Gasteiger partial charge in [-0.2, -0.15) is 0 Å². The Kier molecular flexibility index (Phi) is 6.22. The summed E-state index contributed by atoms with van der Waals surface area (Å²) >= 11 is 16.8. The van der Waals surface area contributed by atoms with Gasteiger partial charge in [0.25, 0.3) is 5.91 Å². The van der Waals surface area contributed by atoms with E-state index in [1.807, 2.05) is 24.3 Å². The second-order valence-electron chi connectivity index (χ2n) is 5.69. The molecule has 0 aliphatic heterocycles. The summed E-state index contributed by atoms with van der Waals surface area (Å²) in [4.78, 5) is 24.4. The van der Waals surface area contributed by atoms with E-state index < -0.39 is 5.91 Å². The van der Waals surface area contributed by atoms with Crippen LogP contribution in [0.25, 0.3) is 11.1 Å². The molecule has 4 nitrogen and oxygen atoms in total. The zero-order valence-electron chi connectivity index (χ0n) is 13.8. The van der Waals surface area contributed by atoms with Crippen LogP contribution in [0.15, 0.2) is 52.3 Å². The Morgan fingerprint density at radius 3 is 2.41 bits per heavy atom. The lowest BCUT2D eigenvalue weighted by Crippen LogP contribution is -2.18. The maximum Gasteiger partial charge on any atom is 0.252 e. The fourth-order valence-electron chi connectivity index (χ4n) is 2.56. The number of anilines is 1. The van der Waals surface area contributed by atoms with Gasteiger partial charge in [-0.15, -0.1) is 11.3 Å². The summed E-state index contributed by atoms with van der Waals surface area (Å²) in [6.45, 7) is 0. The summed E-state index contributed by atoms with van der Waals surface area (Å²) < 4.78 is 0.936. The lowest BCUT2D eigenvalue weighted by atomic mass is 10.0. The molecule has 3 rings (SSSR count). The Hall–Kier alpha value is -1.86. The molecule has 27 heavy (non-hydrogen) atoms. The maximum atomic E-state index is 12.4. The molecule has 8 heteroatoms. The largest absolute Gasteiger partial charge is 0.365 e. The molecule has 0 unspecified atom stereocenters. The van der Waals surface area contributed by atoms with Crippen LogP contribution in [0.4, 0.5) is 5.00 Å². The Bertz CT molecular complexity index is 1020. The van der Waals surface area contributed by atoms with Crippen LogP contribution in [0.3, 0.4) is 0 Å². The minimum Gasteiger partial charge on any atom is -0.365 e. The van der Waals surface area contributed by atoms with Crippen LogP contribution in [-0.4, -0.2) is 11.8 Å². The van der Waals surface area contributed by atoms with Crippen LogP contribution < -0.4 is 11.1 Å². The first-order valence-electron chi connectivity index (χ1n) is 7.76. The normalized spacial score (nSPS) is 10.6. The van der Waals surface area contributed by atoms with Crippen LogP contribution in [-0.2, 0) is 11.2 Å². The van der Waals surface area contributed by atoms with Gasteiger partial charge >= 0.3 is 0 Å². The molecular weight excluding hydrogens is 471 g/mol. The van der Waals surface area contributed by atoms with Gasteiger partial charge in [0.15, 0.2) is 0 Å². The van der Waals surface area contributed by atoms with E-state index in [1.165, 1.54) is 11.3 Å². The highest BCUT2D eigenvalue weighted by Gasteiger charge is 2.21. The van der Waals surface area contributed by atoms with Crippen molar-refractivity contribution in [3.63, 3.8) is 0 Å². The summed E-state index contributed by atoms with van der Waals surface area (Å²) in [6.07, 6.45) is 0.181. The van der Waals surface area contributed by atoms with Crippen molar-refractivity contribution >= 4 is 67.3 Å². The number of nitrogens with two attached hydrogens (primary N) is 1. The number of halogens is 3. The first-order valence-corrected chi connectivity index (χ1v) is 10.2. The minimum atomic E-state index is -0.642. The fourth-order valence-corrected chi connectivity index (χ4v) is 4.32. The van der Waals surface area contributed by atoms with E-state index in [0.29, 0.717) is 26.2 Å². The van der Waals surface area contributed by atoms with Crippen molar-refractivity contribution in [2.24, 2.45) is 5.73 Å². The van der Waals surface area contributed by atoms with E-state index in [-0.39, 0.29) is 17.9 Å². The zero-order chi connectivity index (χ0) is 19.6. The van der Waals surface area contributed by atoms with Gasteiger partial charge in [0, 0.05) is 31.0 Å². The number of carbonyl (C=O) groups is 2. The molecule has 2 amide bonds. The van der Waals surface area contributed by atoms with E-state index >= 15 is 0 Å². The molecule has 0 saturated carbocycles. The quantitative estimate of drug-likeness (QED) is 0.483. The van der Waals surface area contributed by atoms with Gasteiger partial charge < -0.3 is 11.1 Å². The van der Waals surface area contributed by atoms with Crippen LogP contribution >= 0.6 is 50.5 Å². The molecule has 0 aliphatic rings. The minimum absolute atomic E-state index is 0.181. The van der Waals surface area contributed by atoms with Gasteiger partial charge in [-0.25, -0.2) is 0 Å². The van der Waals surface area contributed by atoms with Crippen molar-refractivity contribution in [3.05, 3.63) is 73.5 Å². The molecule has 0 bridgehead atoms. The Morgan fingerprint density at radius 2 is 1.78 bits per heavy atom. The third kappa shape index (κ3) is 4.71. The smallest absolute Gasteiger partial charge is 0.252 e. The molecule has 0 saturated heterocycles. The Balaban J connectivity index is 1.88.